The van der Waals surface area contributed by atoms with E-state index in [4.69, 9.17) is 14.2 Å². The van der Waals surface area contributed by atoms with Gasteiger partial charge in [-0.3, -0.25) is 4.79 Å². The van der Waals surface area contributed by atoms with Gasteiger partial charge in [-0.05, 0) is 49.2 Å². The second kappa shape index (κ2) is 9.36. The van der Waals surface area contributed by atoms with Gasteiger partial charge in [-0.25, -0.2) is 0 Å². The van der Waals surface area contributed by atoms with Gasteiger partial charge in [0.15, 0.2) is 0 Å². The van der Waals surface area contributed by atoms with E-state index < -0.39 is 0 Å². The number of benzene rings is 2. The lowest BCUT2D eigenvalue weighted by atomic mass is 10.1. The molecule has 1 heterocycles. The van der Waals surface area contributed by atoms with Gasteiger partial charge in [0.25, 0.3) is 0 Å². The zero-order valence-corrected chi connectivity index (χ0v) is 15.1. The van der Waals surface area contributed by atoms with Gasteiger partial charge in [0.05, 0.1) is 19.1 Å². The first kappa shape index (κ1) is 18.4. The number of ether oxygens (including phenoxy) is 3. The van der Waals surface area contributed by atoms with E-state index in [1.807, 2.05) is 54.6 Å². The van der Waals surface area contributed by atoms with Crippen LogP contribution in [0, 0.1) is 0 Å². The number of rotatable bonds is 7. The number of anilines is 1. The smallest absolute Gasteiger partial charge is 0.229 e. The first-order valence-corrected chi connectivity index (χ1v) is 9.01. The molecule has 0 saturated carbocycles. The van der Waals surface area contributed by atoms with Crippen LogP contribution < -0.4 is 9.64 Å². The van der Waals surface area contributed by atoms with Gasteiger partial charge in [0, 0.05) is 25.9 Å². The van der Waals surface area contributed by atoms with Crippen LogP contribution in [0.5, 0.6) is 11.5 Å². The molecule has 1 amide bonds. The average Bonchev–Trinajstić information content (AvgIpc) is 2.69. The Labute approximate surface area is 154 Å². The highest BCUT2D eigenvalue weighted by atomic mass is 16.5. The number of nitrogens with zero attached hydrogens (tertiary/aromatic N) is 1. The van der Waals surface area contributed by atoms with Crippen molar-refractivity contribution in [1.29, 1.82) is 0 Å². The van der Waals surface area contributed by atoms with Gasteiger partial charge in [0.1, 0.15) is 11.5 Å². The normalized spacial score (nSPS) is 14.8. The molecule has 5 heteroatoms. The molecule has 5 nitrogen and oxygen atoms in total. The van der Waals surface area contributed by atoms with Crippen molar-refractivity contribution in [3.05, 3.63) is 54.6 Å². The number of para-hydroxylation sites is 1. The molecular formula is C21H25NO4. The zero-order valence-electron chi connectivity index (χ0n) is 15.1. The summed E-state index contributed by atoms with van der Waals surface area (Å²) >= 11 is 0. The van der Waals surface area contributed by atoms with E-state index in [-0.39, 0.29) is 12.0 Å². The third-order valence-corrected chi connectivity index (χ3v) is 4.41. The molecule has 0 spiro atoms. The molecule has 2 aromatic rings. The molecule has 1 aliphatic heterocycles. The molecule has 1 aliphatic rings. The average molecular weight is 355 g/mol. The third-order valence-electron chi connectivity index (χ3n) is 4.41. The van der Waals surface area contributed by atoms with Gasteiger partial charge in [-0.15, -0.1) is 0 Å². The molecule has 0 N–H and O–H groups in total. The predicted molar refractivity (Wildman–Crippen MR) is 101 cm³/mol. The number of carbonyl (C=O) groups excluding carboxylic acids is 1. The van der Waals surface area contributed by atoms with Crippen molar-refractivity contribution in [1.82, 2.24) is 0 Å². The predicted octanol–water partition coefficient (Wildman–Crippen LogP) is 4.03. The molecule has 0 bridgehead atoms. The van der Waals surface area contributed by atoms with E-state index in [0.29, 0.717) is 13.0 Å². The van der Waals surface area contributed by atoms with Gasteiger partial charge >= 0.3 is 0 Å². The number of carbonyl (C=O) groups is 1. The van der Waals surface area contributed by atoms with Gasteiger partial charge in [-0.1, -0.05) is 18.2 Å². The summed E-state index contributed by atoms with van der Waals surface area (Å²) in [5, 5.41) is 0. The summed E-state index contributed by atoms with van der Waals surface area (Å²) < 4.78 is 16.9. The highest BCUT2D eigenvalue weighted by Gasteiger charge is 2.16. The lowest BCUT2D eigenvalue weighted by Crippen LogP contribution is -2.29. The lowest BCUT2D eigenvalue weighted by molar-refractivity contribution is -0.120. The standard InChI is InChI=1S/C21H25NO4/c1-22(21(23)13-16-25-18-11-14-24-15-12-18)17-7-9-20(10-8-17)26-19-5-3-2-4-6-19/h2-10,18H,11-16H2,1H3. The van der Waals surface area contributed by atoms with Gasteiger partial charge < -0.3 is 19.1 Å². The van der Waals surface area contributed by atoms with Crippen LogP contribution in [-0.2, 0) is 14.3 Å². The van der Waals surface area contributed by atoms with Crippen LogP contribution in [0.4, 0.5) is 5.69 Å². The topological polar surface area (TPSA) is 48.0 Å². The SMILES string of the molecule is CN(C(=O)CCOC1CCOCC1)c1ccc(Oc2ccccc2)cc1. The largest absolute Gasteiger partial charge is 0.457 e. The summed E-state index contributed by atoms with van der Waals surface area (Å²) in [4.78, 5) is 14.0. The molecule has 2 aromatic carbocycles. The lowest BCUT2D eigenvalue weighted by Gasteiger charge is -2.23. The maximum Gasteiger partial charge on any atom is 0.229 e. The third kappa shape index (κ3) is 5.31. The minimum absolute atomic E-state index is 0.0359. The van der Waals surface area contributed by atoms with Crippen LogP contribution >= 0.6 is 0 Å². The summed E-state index contributed by atoms with van der Waals surface area (Å²) in [5.74, 6) is 1.56. The van der Waals surface area contributed by atoms with Crippen LogP contribution in [0.25, 0.3) is 0 Å². The number of amides is 1. The first-order chi connectivity index (χ1) is 12.7. The van der Waals surface area contributed by atoms with Gasteiger partial charge in [0.2, 0.25) is 5.91 Å². The zero-order chi connectivity index (χ0) is 18.2. The quantitative estimate of drug-likeness (QED) is 0.752. The molecule has 0 radical (unpaired) electrons. The summed E-state index contributed by atoms with van der Waals surface area (Å²) in [6.45, 7) is 1.94. The molecule has 138 valence electrons. The maximum atomic E-state index is 12.4. The molecule has 1 saturated heterocycles. The van der Waals surface area contributed by atoms with E-state index >= 15 is 0 Å². The van der Waals surface area contributed by atoms with Crippen molar-refractivity contribution >= 4 is 11.6 Å². The fraction of sp³-hybridized carbons (Fsp3) is 0.381. The Hall–Kier alpha value is -2.37. The minimum atomic E-state index is 0.0359. The fourth-order valence-corrected chi connectivity index (χ4v) is 2.83. The van der Waals surface area contributed by atoms with Crippen LogP contribution in [-0.4, -0.2) is 38.9 Å². The summed E-state index contributed by atoms with van der Waals surface area (Å²) in [7, 11) is 1.78. The van der Waals surface area contributed by atoms with Crippen LogP contribution in [0.2, 0.25) is 0 Å². The molecule has 3 rings (SSSR count). The van der Waals surface area contributed by atoms with E-state index in [9.17, 15) is 4.79 Å². The fourth-order valence-electron chi connectivity index (χ4n) is 2.83. The van der Waals surface area contributed by atoms with E-state index in [2.05, 4.69) is 0 Å². The van der Waals surface area contributed by atoms with Crippen molar-refractivity contribution in [2.75, 3.05) is 31.8 Å². The van der Waals surface area contributed by atoms with Crippen LogP contribution in [0.3, 0.4) is 0 Å². The highest BCUT2D eigenvalue weighted by Crippen LogP contribution is 2.24. The molecule has 0 aromatic heterocycles. The Morgan fingerprint density at radius 3 is 2.38 bits per heavy atom. The Morgan fingerprint density at radius 1 is 1.04 bits per heavy atom. The summed E-state index contributed by atoms with van der Waals surface area (Å²) in [6, 6.07) is 17.1. The molecule has 0 atom stereocenters. The Balaban J connectivity index is 1.47. The Bertz CT molecular complexity index is 681. The maximum absolute atomic E-state index is 12.4. The Morgan fingerprint density at radius 2 is 1.69 bits per heavy atom. The van der Waals surface area contributed by atoms with E-state index in [1.165, 1.54) is 0 Å². The molecule has 0 unspecified atom stereocenters. The summed E-state index contributed by atoms with van der Waals surface area (Å²) in [6.07, 6.45) is 2.41. The van der Waals surface area contributed by atoms with Crippen molar-refractivity contribution in [2.24, 2.45) is 0 Å². The molecule has 26 heavy (non-hydrogen) atoms. The van der Waals surface area contributed by atoms with Crippen LogP contribution in [0.1, 0.15) is 19.3 Å². The van der Waals surface area contributed by atoms with Gasteiger partial charge in [-0.2, -0.15) is 0 Å². The second-order valence-corrected chi connectivity index (χ2v) is 6.29. The highest BCUT2D eigenvalue weighted by molar-refractivity contribution is 5.92. The summed E-state index contributed by atoms with van der Waals surface area (Å²) in [5.41, 5.74) is 0.835. The van der Waals surface area contributed by atoms with E-state index in [0.717, 1.165) is 43.2 Å². The monoisotopic (exact) mass is 355 g/mol. The molecule has 0 aliphatic carbocycles. The minimum Gasteiger partial charge on any atom is -0.457 e. The molecular weight excluding hydrogens is 330 g/mol. The molecule has 1 fully saturated rings. The number of hydrogen-bond acceptors (Lipinski definition) is 4. The second-order valence-electron chi connectivity index (χ2n) is 6.29. The van der Waals surface area contributed by atoms with Crippen molar-refractivity contribution in [2.45, 2.75) is 25.4 Å². The first-order valence-electron chi connectivity index (χ1n) is 9.01. The van der Waals surface area contributed by atoms with Crippen molar-refractivity contribution < 1.29 is 19.0 Å². The van der Waals surface area contributed by atoms with Crippen molar-refractivity contribution in [3.8, 4) is 11.5 Å². The van der Waals surface area contributed by atoms with E-state index in [1.54, 1.807) is 11.9 Å². The number of hydrogen-bond donors (Lipinski definition) is 0. The Kier molecular flexibility index (Phi) is 6.63. The van der Waals surface area contributed by atoms with Crippen molar-refractivity contribution in [3.63, 3.8) is 0 Å². The van der Waals surface area contributed by atoms with Crippen LogP contribution in [0.15, 0.2) is 54.6 Å².